The van der Waals surface area contributed by atoms with Crippen molar-refractivity contribution in [2.75, 3.05) is 6.54 Å². The minimum atomic E-state index is -0.402. The second kappa shape index (κ2) is 5.65. The normalized spacial score (nSPS) is 11.4. The number of nitrogens with one attached hydrogen (secondary N) is 2. The summed E-state index contributed by atoms with van der Waals surface area (Å²) in [6, 6.07) is 1.89. The third-order valence-electron chi connectivity index (χ3n) is 1.80. The highest BCUT2D eigenvalue weighted by Gasteiger charge is 2.15. The summed E-state index contributed by atoms with van der Waals surface area (Å²) in [4.78, 5) is 11.3. The molecule has 5 nitrogen and oxygen atoms in total. The first-order valence-electron chi connectivity index (χ1n) is 5.38. The van der Waals surface area contributed by atoms with Crippen LogP contribution in [0.1, 0.15) is 32.9 Å². The molecule has 0 radical (unpaired) electrons. The molecule has 0 aliphatic heterocycles. The van der Waals surface area contributed by atoms with Crippen LogP contribution in [0.2, 0.25) is 0 Å². The highest BCUT2D eigenvalue weighted by Crippen LogP contribution is 2.07. The molecule has 0 fully saturated rings. The molecule has 0 unspecified atom stereocenters. The van der Waals surface area contributed by atoms with Crippen LogP contribution in [0.15, 0.2) is 12.3 Å². The fourth-order valence-corrected chi connectivity index (χ4v) is 1.19. The van der Waals surface area contributed by atoms with E-state index in [1.165, 1.54) is 0 Å². The highest BCUT2D eigenvalue weighted by atomic mass is 16.6. The molecule has 0 aromatic carbocycles. The van der Waals surface area contributed by atoms with Gasteiger partial charge in [-0.1, -0.05) is 0 Å². The SMILES string of the molecule is CC(C)(C)OC(=O)CCNCc1ccn[nH]1. The van der Waals surface area contributed by atoms with Crippen LogP contribution in [0.3, 0.4) is 0 Å². The minimum Gasteiger partial charge on any atom is -0.460 e. The molecule has 1 heterocycles. The number of H-pyrrole nitrogens is 1. The maximum atomic E-state index is 11.3. The Hall–Kier alpha value is -1.36. The summed E-state index contributed by atoms with van der Waals surface area (Å²) in [6.45, 7) is 6.88. The van der Waals surface area contributed by atoms with E-state index in [9.17, 15) is 4.79 Å². The quantitative estimate of drug-likeness (QED) is 0.584. The molecule has 0 spiro atoms. The molecule has 0 bridgehead atoms. The van der Waals surface area contributed by atoms with E-state index in [1.807, 2.05) is 26.8 Å². The van der Waals surface area contributed by atoms with Gasteiger partial charge in [-0.2, -0.15) is 5.10 Å². The largest absolute Gasteiger partial charge is 0.460 e. The summed E-state index contributed by atoms with van der Waals surface area (Å²) in [5, 5.41) is 9.80. The van der Waals surface area contributed by atoms with Gasteiger partial charge in [0.25, 0.3) is 0 Å². The number of esters is 1. The van der Waals surface area contributed by atoms with Gasteiger partial charge >= 0.3 is 5.97 Å². The monoisotopic (exact) mass is 225 g/mol. The minimum absolute atomic E-state index is 0.176. The van der Waals surface area contributed by atoms with Crippen molar-refractivity contribution in [1.82, 2.24) is 15.5 Å². The van der Waals surface area contributed by atoms with Crippen LogP contribution in [0.4, 0.5) is 0 Å². The molecule has 1 aromatic rings. The van der Waals surface area contributed by atoms with Gasteiger partial charge in [-0.25, -0.2) is 0 Å². The molecule has 16 heavy (non-hydrogen) atoms. The first-order valence-corrected chi connectivity index (χ1v) is 5.38. The maximum absolute atomic E-state index is 11.3. The van der Waals surface area contributed by atoms with E-state index in [-0.39, 0.29) is 5.97 Å². The van der Waals surface area contributed by atoms with Crippen LogP contribution in [0, 0.1) is 0 Å². The molecule has 0 amide bonds. The summed E-state index contributed by atoms with van der Waals surface area (Å²) < 4.78 is 5.18. The van der Waals surface area contributed by atoms with E-state index in [4.69, 9.17) is 4.74 Å². The first kappa shape index (κ1) is 12.7. The molecular weight excluding hydrogens is 206 g/mol. The zero-order chi connectivity index (χ0) is 12.0. The van der Waals surface area contributed by atoms with Crippen LogP contribution < -0.4 is 5.32 Å². The van der Waals surface area contributed by atoms with Crippen molar-refractivity contribution in [3.63, 3.8) is 0 Å². The Balaban J connectivity index is 2.09. The van der Waals surface area contributed by atoms with Gasteiger partial charge in [-0.15, -0.1) is 0 Å². The number of rotatable bonds is 5. The van der Waals surface area contributed by atoms with Crippen molar-refractivity contribution in [3.05, 3.63) is 18.0 Å². The molecule has 0 aliphatic carbocycles. The second-order valence-corrected chi connectivity index (χ2v) is 4.60. The van der Waals surface area contributed by atoms with E-state index < -0.39 is 5.60 Å². The fourth-order valence-electron chi connectivity index (χ4n) is 1.19. The Morgan fingerprint density at radius 1 is 1.56 bits per heavy atom. The topological polar surface area (TPSA) is 67.0 Å². The number of hydrogen-bond acceptors (Lipinski definition) is 4. The predicted molar refractivity (Wildman–Crippen MR) is 60.8 cm³/mol. The van der Waals surface area contributed by atoms with Crippen molar-refractivity contribution in [2.45, 2.75) is 39.3 Å². The van der Waals surface area contributed by atoms with E-state index in [1.54, 1.807) is 6.20 Å². The number of carbonyl (C=O) groups excluding carboxylic acids is 1. The van der Waals surface area contributed by atoms with Gasteiger partial charge in [-0.3, -0.25) is 9.89 Å². The van der Waals surface area contributed by atoms with Crippen LogP contribution in [-0.2, 0) is 16.1 Å². The van der Waals surface area contributed by atoms with Crippen LogP contribution in [-0.4, -0.2) is 28.3 Å². The van der Waals surface area contributed by atoms with Crippen LogP contribution in [0.5, 0.6) is 0 Å². The number of ether oxygens (including phenoxy) is 1. The molecule has 5 heteroatoms. The van der Waals surface area contributed by atoms with E-state index in [0.717, 1.165) is 5.69 Å². The van der Waals surface area contributed by atoms with Gasteiger partial charge in [0.05, 0.1) is 6.42 Å². The Kier molecular flexibility index (Phi) is 4.49. The molecule has 0 aliphatic rings. The van der Waals surface area contributed by atoms with Gasteiger partial charge in [-0.05, 0) is 26.8 Å². The van der Waals surface area contributed by atoms with Gasteiger partial charge < -0.3 is 10.1 Å². The molecule has 0 saturated carbocycles. The van der Waals surface area contributed by atoms with Gasteiger partial charge in [0, 0.05) is 25.0 Å². The molecule has 90 valence electrons. The van der Waals surface area contributed by atoms with Crippen molar-refractivity contribution in [1.29, 1.82) is 0 Å². The smallest absolute Gasteiger partial charge is 0.307 e. The zero-order valence-corrected chi connectivity index (χ0v) is 10.0. The fraction of sp³-hybridized carbons (Fsp3) is 0.636. The van der Waals surface area contributed by atoms with E-state index >= 15 is 0 Å². The third kappa shape index (κ3) is 5.50. The summed E-state index contributed by atoms with van der Waals surface area (Å²) in [6.07, 6.45) is 2.08. The summed E-state index contributed by atoms with van der Waals surface area (Å²) in [5.41, 5.74) is 0.602. The summed E-state index contributed by atoms with van der Waals surface area (Å²) >= 11 is 0. The Morgan fingerprint density at radius 2 is 2.31 bits per heavy atom. The van der Waals surface area contributed by atoms with E-state index in [2.05, 4.69) is 15.5 Å². The van der Waals surface area contributed by atoms with Gasteiger partial charge in [0.15, 0.2) is 0 Å². The molecule has 1 aromatic heterocycles. The van der Waals surface area contributed by atoms with Crippen molar-refractivity contribution >= 4 is 5.97 Å². The molecule has 1 rings (SSSR count). The van der Waals surface area contributed by atoms with Crippen molar-refractivity contribution in [3.8, 4) is 0 Å². The summed E-state index contributed by atoms with van der Waals surface area (Å²) in [5.74, 6) is -0.176. The number of aromatic amines is 1. The predicted octanol–water partition coefficient (Wildman–Crippen LogP) is 1.23. The lowest BCUT2D eigenvalue weighted by Crippen LogP contribution is -2.26. The molecule has 2 N–H and O–H groups in total. The maximum Gasteiger partial charge on any atom is 0.307 e. The lowest BCUT2D eigenvalue weighted by Gasteiger charge is -2.19. The number of carbonyl (C=O) groups is 1. The lowest BCUT2D eigenvalue weighted by molar-refractivity contribution is -0.154. The Bertz CT molecular complexity index is 314. The standard InChI is InChI=1S/C11H19N3O2/c1-11(2,3)16-10(15)5-6-12-8-9-4-7-13-14-9/h4,7,12H,5-6,8H2,1-3H3,(H,13,14). The zero-order valence-electron chi connectivity index (χ0n) is 10.0. The lowest BCUT2D eigenvalue weighted by atomic mass is 10.2. The third-order valence-corrected chi connectivity index (χ3v) is 1.80. The van der Waals surface area contributed by atoms with E-state index in [0.29, 0.717) is 19.5 Å². The first-order chi connectivity index (χ1) is 7.47. The number of nitrogens with zero attached hydrogens (tertiary/aromatic N) is 1. The molecule has 0 saturated heterocycles. The average molecular weight is 225 g/mol. The molecular formula is C11H19N3O2. The van der Waals surface area contributed by atoms with Crippen molar-refractivity contribution < 1.29 is 9.53 Å². The van der Waals surface area contributed by atoms with Crippen LogP contribution >= 0.6 is 0 Å². The summed E-state index contributed by atoms with van der Waals surface area (Å²) in [7, 11) is 0. The number of aromatic nitrogens is 2. The van der Waals surface area contributed by atoms with Gasteiger partial charge in [0.1, 0.15) is 5.60 Å². The number of hydrogen-bond donors (Lipinski definition) is 2. The Morgan fingerprint density at radius 3 is 2.88 bits per heavy atom. The van der Waals surface area contributed by atoms with Crippen molar-refractivity contribution in [2.24, 2.45) is 0 Å². The average Bonchev–Trinajstić information content (AvgIpc) is 2.62. The van der Waals surface area contributed by atoms with Gasteiger partial charge in [0.2, 0.25) is 0 Å². The molecule has 0 atom stereocenters. The second-order valence-electron chi connectivity index (χ2n) is 4.60. The van der Waals surface area contributed by atoms with Crippen LogP contribution in [0.25, 0.3) is 0 Å². The Labute approximate surface area is 95.6 Å². The highest BCUT2D eigenvalue weighted by molar-refractivity contribution is 5.70.